The molecule has 3 aromatic rings. The van der Waals surface area contributed by atoms with Gasteiger partial charge < -0.3 is 15.4 Å². The van der Waals surface area contributed by atoms with E-state index in [2.05, 4.69) is 15.3 Å². The fraction of sp³-hybridized carbons (Fsp3) is 0.0667. The van der Waals surface area contributed by atoms with E-state index in [0.717, 1.165) is 5.56 Å². The summed E-state index contributed by atoms with van der Waals surface area (Å²) in [5.41, 5.74) is 1.51. The second-order valence-corrected chi connectivity index (χ2v) is 5.12. The number of rotatable bonds is 5. The van der Waals surface area contributed by atoms with Gasteiger partial charge >= 0.3 is 7.12 Å². The Hall–Kier alpha value is -3.04. The maximum atomic E-state index is 11.1. The number of para-hydroxylation sites is 1. The minimum absolute atomic E-state index is 0.0702. The van der Waals surface area contributed by atoms with E-state index in [9.17, 15) is 10.1 Å². The highest BCUT2D eigenvalue weighted by molar-refractivity contribution is 6.58. The molecule has 0 aliphatic carbocycles. The fourth-order valence-corrected chi connectivity index (χ4v) is 2.35. The first-order chi connectivity index (χ1) is 11.6. The van der Waals surface area contributed by atoms with Crippen LogP contribution in [0, 0.1) is 10.1 Å². The molecule has 0 saturated carbocycles. The standard InChI is InChI=1S/C15H13BN4O4/c21-16(22)11-6-4-10(5-7-11)8-17-15-12-2-1-3-13(20(23)24)14(12)18-9-19-15/h1-7,9,21-22H,8H2,(H,17,18,19). The van der Waals surface area contributed by atoms with Gasteiger partial charge in [0.1, 0.15) is 12.1 Å². The third kappa shape index (κ3) is 3.17. The van der Waals surface area contributed by atoms with Crippen molar-refractivity contribution >= 4 is 35.0 Å². The van der Waals surface area contributed by atoms with E-state index in [1.807, 2.05) is 0 Å². The minimum atomic E-state index is -1.50. The number of fused-ring (bicyclic) bond motifs is 1. The van der Waals surface area contributed by atoms with E-state index in [0.29, 0.717) is 23.2 Å². The normalized spacial score (nSPS) is 10.6. The van der Waals surface area contributed by atoms with Crippen molar-refractivity contribution < 1.29 is 15.0 Å². The summed E-state index contributed by atoms with van der Waals surface area (Å²) in [5, 5.41) is 32.9. The van der Waals surface area contributed by atoms with Crippen molar-refractivity contribution in [3.8, 4) is 0 Å². The SMILES string of the molecule is O=[N+]([O-])c1cccc2c(NCc3ccc(B(O)O)cc3)ncnc12. The third-order valence-corrected chi connectivity index (χ3v) is 3.58. The van der Waals surface area contributed by atoms with Gasteiger partial charge in [0, 0.05) is 18.0 Å². The van der Waals surface area contributed by atoms with Gasteiger partial charge in [-0.05, 0) is 17.1 Å². The first-order valence-corrected chi connectivity index (χ1v) is 7.13. The molecule has 0 radical (unpaired) electrons. The summed E-state index contributed by atoms with van der Waals surface area (Å²) in [6.07, 6.45) is 1.28. The molecule has 0 saturated heterocycles. The highest BCUT2D eigenvalue weighted by atomic mass is 16.6. The second kappa shape index (κ2) is 6.61. The molecule has 0 amide bonds. The monoisotopic (exact) mass is 324 g/mol. The third-order valence-electron chi connectivity index (χ3n) is 3.58. The summed E-state index contributed by atoms with van der Waals surface area (Å²) in [6, 6.07) is 11.5. The maximum Gasteiger partial charge on any atom is 0.488 e. The number of nitrogens with zero attached hydrogens (tertiary/aromatic N) is 3. The molecule has 3 N–H and O–H groups in total. The van der Waals surface area contributed by atoms with Crippen LogP contribution in [0.4, 0.5) is 11.5 Å². The number of nitrogens with one attached hydrogen (secondary N) is 1. The number of non-ortho nitro benzene ring substituents is 1. The van der Waals surface area contributed by atoms with Crippen LogP contribution in [-0.2, 0) is 6.54 Å². The molecule has 2 aromatic carbocycles. The number of anilines is 1. The number of hydrogen-bond donors (Lipinski definition) is 3. The molecular weight excluding hydrogens is 311 g/mol. The van der Waals surface area contributed by atoms with E-state index in [1.54, 1.807) is 36.4 Å². The van der Waals surface area contributed by atoms with Crippen molar-refractivity contribution in [3.63, 3.8) is 0 Å². The average Bonchev–Trinajstić information content (AvgIpc) is 2.59. The Kier molecular flexibility index (Phi) is 4.36. The van der Waals surface area contributed by atoms with Crippen molar-refractivity contribution in [2.75, 3.05) is 5.32 Å². The number of nitro groups is 1. The van der Waals surface area contributed by atoms with Crippen molar-refractivity contribution in [1.29, 1.82) is 0 Å². The molecule has 8 nitrogen and oxygen atoms in total. The molecule has 0 bridgehead atoms. The topological polar surface area (TPSA) is 121 Å². The summed E-state index contributed by atoms with van der Waals surface area (Å²) in [6.45, 7) is 0.427. The van der Waals surface area contributed by atoms with Crippen LogP contribution in [0.5, 0.6) is 0 Å². The van der Waals surface area contributed by atoms with Gasteiger partial charge in [0.2, 0.25) is 0 Å². The predicted octanol–water partition coefficient (Wildman–Crippen LogP) is 0.830. The predicted molar refractivity (Wildman–Crippen MR) is 89.8 cm³/mol. The molecule has 0 aliphatic heterocycles. The summed E-state index contributed by atoms with van der Waals surface area (Å²) in [5.74, 6) is 0.495. The Balaban J connectivity index is 1.85. The first-order valence-electron chi connectivity index (χ1n) is 7.13. The molecular formula is C15H13BN4O4. The smallest absolute Gasteiger partial charge is 0.423 e. The van der Waals surface area contributed by atoms with Gasteiger partial charge in [0.15, 0.2) is 5.52 Å². The zero-order valence-corrected chi connectivity index (χ0v) is 12.5. The van der Waals surface area contributed by atoms with Gasteiger partial charge in [0.25, 0.3) is 5.69 Å². The zero-order valence-electron chi connectivity index (χ0n) is 12.5. The van der Waals surface area contributed by atoms with Gasteiger partial charge in [-0.25, -0.2) is 9.97 Å². The Labute approximate surface area is 137 Å². The van der Waals surface area contributed by atoms with Gasteiger partial charge in [-0.2, -0.15) is 0 Å². The number of hydrogen-bond acceptors (Lipinski definition) is 7. The lowest BCUT2D eigenvalue weighted by molar-refractivity contribution is -0.383. The Morgan fingerprint density at radius 3 is 2.54 bits per heavy atom. The molecule has 0 atom stereocenters. The van der Waals surface area contributed by atoms with Crippen LogP contribution in [0.1, 0.15) is 5.56 Å². The summed E-state index contributed by atoms with van der Waals surface area (Å²) in [4.78, 5) is 18.7. The molecule has 9 heteroatoms. The van der Waals surface area contributed by atoms with Crippen LogP contribution in [0.15, 0.2) is 48.8 Å². The van der Waals surface area contributed by atoms with Gasteiger partial charge in [-0.15, -0.1) is 0 Å². The van der Waals surface area contributed by atoms with Crippen LogP contribution in [0.2, 0.25) is 0 Å². The van der Waals surface area contributed by atoms with Crippen molar-refractivity contribution in [2.45, 2.75) is 6.54 Å². The van der Waals surface area contributed by atoms with E-state index in [4.69, 9.17) is 10.0 Å². The van der Waals surface area contributed by atoms with Crippen molar-refractivity contribution in [2.24, 2.45) is 0 Å². The lowest BCUT2D eigenvalue weighted by Crippen LogP contribution is -2.29. The van der Waals surface area contributed by atoms with Gasteiger partial charge in [-0.1, -0.05) is 30.3 Å². The quantitative estimate of drug-likeness (QED) is 0.361. The average molecular weight is 324 g/mol. The molecule has 1 aromatic heterocycles. The largest absolute Gasteiger partial charge is 0.488 e. The Bertz CT molecular complexity index is 886. The van der Waals surface area contributed by atoms with Crippen LogP contribution < -0.4 is 10.8 Å². The highest BCUT2D eigenvalue weighted by Crippen LogP contribution is 2.27. The highest BCUT2D eigenvalue weighted by Gasteiger charge is 2.15. The summed E-state index contributed by atoms with van der Waals surface area (Å²) >= 11 is 0. The molecule has 1 heterocycles. The van der Waals surface area contributed by atoms with Crippen LogP contribution in [0.3, 0.4) is 0 Å². The fourth-order valence-electron chi connectivity index (χ4n) is 2.35. The maximum absolute atomic E-state index is 11.1. The van der Waals surface area contributed by atoms with Crippen molar-refractivity contribution in [1.82, 2.24) is 9.97 Å². The van der Waals surface area contributed by atoms with Crippen molar-refractivity contribution in [3.05, 3.63) is 64.5 Å². The van der Waals surface area contributed by atoms with E-state index in [1.165, 1.54) is 12.4 Å². The van der Waals surface area contributed by atoms with Crippen LogP contribution >= 0.6 is 0 Å². The molecule has 0 unspecified atom stereocenters. The number of aromatic nitrogens is 2. The second-order valence-electron chi connectivity index (χ2n) is 5.12. The first kappa shape index (κ1) is 15.8. The molecule has 120 valence electrons. The van der Waals surface area contributed by atoms with Gasteiger partial charge in [-0.3, -0.25) is 10.1 Å². The van der Waals surface area contributed by atoms with E-state index < -0.39 is 12.0 Å². The molecule has 0 fully saturated rings. The Morgan fingerprint density at radius 1 is 1.12 bits per heavy atom. The lowest BCUT2D eigenvalue weighted by atomic mass is 9.80. The Morgan fingerprint density at radius 2 is 1.88 bits per heavy atom. The number of benzene rings is 2. The van der Waals surface area contributed by atoms with Gasteiger partial charge in [0.05, 0.1) is 4.92 Å². The van der Waals surface area contributed by atoms with Crippen LogP contribution in [-0.4, -0.2) is 32.1 Å². The summed E-state index contributed by atoms with van der Waals surface area (Å²) in [7, 11) is -1.50. The summed E-state index contributed by atoms with van der Waals surface area (Å²) < 4.78 is 0. The van der Waals surface area contributed by atoms with E-state index >= 15 is 0 Å². The van der Waals surface area contributed by atoms with E-state index in [-0.39, 0.29) is 11.2 Å². The molecule has 3 rings (SSSR count). The number of nitro benzene ring substituents is 1. The zero-order chi connectivity index (χ0) is 17.1. The van der Waals surface area contributed by atoms with Crippen LogP contribution in [0.25, 0.3) is 10.9 Å². The minimum Gasteiger partial charge on any atom is -0.423 e. The molecule has 24 heavy (non-hydrogen) atoms. The molecule has 0 spiro atoms. The lowest BCUT2D eigenvalue weighted by Gasteiger charge is -2.09. The molecule has 0 aliphatic rings.